The molecule has 0 spiro atoms. The first-order valence-corrected chi connectivity index (χ1v) is 11.0. The van der Waals surface area contributed by atoms with Crippen molar-refractivity contribution in [2.24, 2.45) is 0 Å². The summed E-state index contributed by atoms with van der Waals surface area (Å²) in [4.78, 5) is 27.0. The molecule has 8 heteroatoms. The van der Waals surface area contributed by atoms with E-state index >= 15 is 0 Å². The Labute approximate surface area is 179 Å². The van der Waals surface area contributed by atoms with Crippen LogP contribution in [0.3, 0.4) is 0 Å². The molecule has 0 saturated carbocycles. The van der Waals surface area contributed by atoms with E-state index in [0.29, 0.717) is 23.1 Å². The molecule has 0 radical (unpaired) electrons. The van der Waals surface area contributed by atoms with Crippen molar-refractivity contribution in [3.05, 3.63) is 58.8 Å². The van der Waals surface area contributed by atoms with Crippen LogP contribution in [0.5, 0.6) is 0 Å². The predicted octanol–water partition coefficient (Wildman–Crippen LogP) is 2.39. The third-order valence-electron chi connectivity index (χ3n) is 6.53. The number of hydrogen-bond acceptors (Lipinski definition) is 6. The molecular weight excluding hydrogens is 390 g/mol. The van der Waals surface area contributed by atoms with Crippen LogP contribution in [-0.4, -0.2) is 61.1 Å². The Morgan fingerprint density at radius 1 is 0.935 bits per heavy atom. The normalized spacial score (nSPS) is 19.8. The molecule has 4 aromatic heterocycles. The summed E-state index contributed by atoms with van der Waals surface area (Å²) in [6.07, 6.45) is 7.61. The van der Waals surface area contributed by atoms with E-state index in [-0.39, 0.29) is 5.56 Å². The monoisotopic (exact) mass is 415 g/mol. The van der Waals surface area contributed by atoms with Gasteiger partial charge in [-0.1, -0.05) is 0 Å². The molecule has 6 heterocycles. The molecule has 8 nitrogen and oxygen atoms in total. The van der Waals surface area contributed by atoms with Crippen molar-refractivity contribution in [3.8, 4) is 11.4 Å². The lowest BCUT2D eigenvalue weighted by atomic mass is 10.2. The zero-order valence-electron chi connectivity index (χ0n) is 17.6. The zero-order chi connectivity index (χ0) is 20.9. The molecule has 158 valence electrons. The number of hydrogen-bond donors (Lipinski definition) is 0. The van der Waals surface area contributed by atoms with E-state index in [2.05, 4.69) is 25.9 Å². The van der Waals surface area contributed by atoms with Crippen molar-refractivity contribution in [2.45, 2.75) is 32.2 Å². The molecule has 0 aliphatic carbocycles. The van der Waals surface area contributed by atoms with Gasteiger partial charge < -0.3 is 4.90 Å². The van der Waals surface area contributed by atoms with E-state index < -0.39 is 0 Å². The smallest absolute Gasteiger partial charge is 0.258 e. The molecule has 0 unspecified atom stereocenters. The molecule has 1 atom stereocenters. The summed E-state index contributed by atoms with van der Waals surface area (Å²) in [5, 5.41) is 4.57. The molecule has 6 rings (SSSR count). The summed E-state index contributed by atoms with van der Waals surface area (Å²) < 4.78 is 3.36. The average Bonchev–Trinajstić information content (AvgIpc) is 3.52. The molecule has 2 saturated heterocycles. The Bertz CT molecular complexity index is 1340. The molecule has 4 aromatic rings. The summed E-state index contributed by atoms with van der Waals surface area (Å²) in [6.45, 7) is 6.43. The Hall–Kier alpha value is -3.26. The zero-order valence-corrected chi connectivity index (χ0v) is 17.6. The highest BCUT2D eigenvalue weighted by atomic mass is 16.1. The lowest BCUT2D eigenvalue weighted by Gasteiger charge is -2.24. The molecule has 0 aromatic carbocycles. The van der Waals surface area contributed by atoms with E-state index in [1.807, 2.05) is 37.5 Å². The van der Waals surface area contributed by atoms with Gasteiger partial charge in [0.2, 0.25) is 0 Å². The minimum Gasteiger partial charge on any atom is -0.369 e. The van der Waals surface area contributed by atoms with Crippen molar-refractivity contribution in [1.29, 1.82) is 0 Å². The van der Waals surface area contributed by atoms with Crippen LogP contribution >= 0.6 is 0 Å². The van der Waals surface area contributed by atoms with Crippen molar-refractivity contribution in [2.75, 3.05) is 31.1 Å². The van der Waals surface area contributed by atoms with E-state index in [9.17, 15) is 4.79 Å². The maximum absolute atomic E-state index is 12.9. The van der Waals surface area contributed by atoms with Gasteiger partial charge in [0, 0.05) is 31.4 Å². The number of anilines is 1. The van der Waals surface area contributed by atoms with Gasteiger partial charge in [0.1, 0.15) is 11.3 Å². The SMILES string of the molecule is Cc1cn2nc(-c3cc(=O)n4cc(N5CC[C@@H](N6CCCC6)C5)ccc4n3)ccc2n1. The molecule has 31 heavy (non-hydrogen) atoms. The number of imidazole rings is 1. The summed E-state index contributed by atoms with van der Waals surface area (Å²) >= 11 is 0. The van der Waals surface area contributed by atoms with Gasteiger partial charge in [-0.3, -0.25) is 14.1 Å². The van der Waals surface area contributed by atoms with Crippen molar-refractivity contribution in [1.82, 2.24) is 28.9 Å². The highest BCUT2D eigenvalue weighted by molar-refractivity contribution is 5.60. The molecule has 0 bridgehead atoms. The Kier molecular flexibility index (Phi) is 4.27. The first-order valence-electron chi connectivity index (χ1n) is 11.0. The molecule has 0 N–H and O–H groups in total. The van der Waals surface area contributed by atoms with E-state index in [1.165, 1.54) is 32.4 Å². The van der Waals surface area contributed by atoms with Gasteiger partial charge >= 0.3 is 0 Å². The summed E-state index contributed by atoms with van der Waals surface area (Å²) in [6, 6.07) is 9.95. The van der Waals surface area contributed by atoms with Crippen LogP contribution in [0.2, 0.25) is 0 Å². The quantitative estimate of drug-likeness (QED) is 0.512. The van der Waals surface area contributed by atoms with Gasteiger partial charge in [-0.25, -0.2) is 14.5 Å². The van der Waals surface area contributed by atoms with E-state index in [1.54, 1.807) is 15.0 Å². The number of likely N-dealkylation sites (tertiary alicyclic amines) is 1. The summed E-state index contributed by atoms with van der Waals surface area (Å²) in [7, 11) is 0. The van der Waals surface area contributed by atoms with Crippen LogP contribution in [0.4, 0.5) is 5.69 Å². The minimum absolute atomic E-state index is 0.0964. The molecule has 2 aliphatic rings. The number of pyridine rings is 1. The fourth-order valence-electron chi connectivity index (χ4n) is 4.93. The Balaban J connectivity index is 1.31. The van der Waals surface area contributed by atoms with Crippen LogP contribution in [0.25, 0.3) is 22.7 Å². The van der Waals surface area contributed by atoms with Gasteiger partial charge in [-0.05, 0) is 63.5 Å². The average molecular weight is 416 g/mol. The second-order valence-corrected chi connectivity index (χ2v) is 8.63. The van der Waals surface area contributed by atoms with E-state index in [0.717, 1.165) is 30.1 Å². The number of rotatable bonds is 3. The van der Waals surface area contributed by atoms with Crippen LogP contribution in [0, 0.1) is 6.92 Å². The standard InChI is InChI=1S/C23H25N7O/c1-16-13-30-22(24-16)7-5-19(26-30)20-12-23(31)29-15-17(4-6-21(29)25-20)28-11-8-18(14-28)27-9-2-3-10-27/h4-7,12-13,15,18H,2-3,8-11,14H2,1H3/t18-/m1/s1. The first-order chi connectivity index (χ1) is 15.1. The molecular formula is C23H25N7O. The number of aryl methyl sites for hydroxylation is 1. The fraction of sp³-hybridized carbons (Fsp3) is 0.391. The topological polar surface area (TPSA) is 71.0 Å². The number of nitrogens with zero attached hydrogens (tertiary/aromatic N) is 7. The number of fused-ring (bicyclic) bond motifs is 2. The third-order valence-corrected chi connectivity index (χ3v) is 6.53. The van der Waals surface area contributed by atoms with Gasteiger partial charge in [-0.2, -0.15) is 5.10 Å². The van der Waals surface area contributed by atoms with Crippen LogP contribution < -0.4 is 10.5 Å². The predicted molar refractivity (Wildman–Crippen MR) is 120 cm³/mol. The molecule has 2 fully saturated rings. The fourth-order valence-corrected chi connectivity index (χ4v) is 4.93. The molecule has 0 amide bonds. The van der Waals surface area contributed by atoms with Crippen LogP contribution in [0.15, 0.2) is 47.5 Å². The highest BCUT2D eigenvalue weighted by Gasteiger charge is 2.29. The second-order valence-electron chi connectivity index (χ2n) is 8.63. The minimum atomic E-state index is -0.0964. The van der Waals surface area contributed by atoms with Gasteiger partial charge in [0.15, 0.2) is 5.65 Å². The van der Waals surface area contributed by atoms with Crippen molar-refractivity contribution in [3.63, 3.8) is 0 Å². The lowest BCUT2D eigenvalue weighted by molar-refractivity contribution is 0.260. The lowest BCUT2D eigenvalue weighted by Crippen LogP contribution is -2.35. The van der Waals surface area contributed by atoms with Gasteiger partial charge in [-0.15, -0.1) is 0 Å². The molecule has 2 aliphatic heterocycles. The van der Waals surface area contributed by atoms with Crippen molar-refractivity contribution >= 4 is 17.0 Å². The first kappa shape index (κ1) is 18.5. The Morgan fingerprint density at radius 3 is 2.65 bits per heavy atom. The largest absolute Gasteiger partial charge is 0.369 e. The van der Waals surface area contributed by atoms with Crippen LogP contribution in [0.1, 0.15) is 25.0 Å². The summed E-state index contributed by atoms with van der Waals surface area (Å²) in [5.74, 6) is 0. The van der Waals surface area contributed by atoms with Gasteiger partial charge in [0.05, 0.1) is 23.3 Å². The third kappa shape index (κ3) is 3.27. The van der Waals surface area contributed by atoms with Crippen LogP contribution in [-0.2, 0) is 0 Å². The van der Waals surface area contributed by atoms with Gasteiger partial charge in [0.25, 0.3) is 5.56 Å². The maximum Gasteiger partial charge on any atom is 0.258 e. The maximum atomic E-state index is 12.9. The number of aromatic nitrogens is 5. The summed E-state index contributed by atoms with van der Waals surface area (Å²) in [5.41, 5.74) is 4.52. The Morgan fingerprint density at radius 2 is 1.77 bits per heavy atom. The van der Waals surface area contributed by atoms with E-state index in [4.69, 9.17) is 4.98 Å². The second kappa shape index (κ2) is 7.16. The highest BCUT2D eigenvalue weighted by Crippen LogP contribution is 2.25. The van der Waals surface area contributed by atoms with Crippen molar-refractivity contribution < 1.29 is 0 Å².